The van der Waals surface area contributed by atoms with Crippen LogP contribution in [0.25, 0.3) is 11.1 Å². The number of anilines is 1. The number of hydrogen-bond acceptors (Lipinski definition) is 4. The first-order chi connectivity index (χ1) is 16.9. The molecule has 3 aromatic rings. The molecule has 0 atom stereocenters. The van der Waals surface area contributed by atoms with Crippen LogP contribution in [0.4, 0.5) is 14.9 Å². The Labute approximate surface area is 200 Å². The Balaban J connectivity index is 1.27. The largest absolute Gasteiger partial charge is 0.480 e. The number of amides is 2. The van der Waals surface area contributed by atoms with Crippen molar-refractivity contribution in [3.63, 3.8) is 0 Å². The van der Waals surface area contributed by atoms with E-state index in [-0.39, 0.29) is 36.6 Å². The third-order valence-electron chi connectivity index (χ3n) is 6.79. The molecule has 2 aliphatic carbocycles. The fourth-order valence-corrected chi connectivity index (χ4v) is 4.76. The number of fused-ring (bicyclic) bond motifs is 3. The smallest absolute Gasteiger partial charge is 0.411 e. The first-order valence-electron chi connectivity index (χ1n) is 11.4. The van der Waals surface area contributed by atoms with Gasteiger partial charge in [-0.05, 0) is 53.6 Å². The topological polar surface area (TPSA) is 105 Å². The number of nitrogens with one attached hydrogen (secondary N) is 2. The van der Waals surface area contributed by atoms with Crippen molar-refractivity contribution in [2.24, 2.45) is 0 Å². The van der Waals surface area contributed by atoms with Crippen molar-refractivity contribution in [2.45, 2.75) is 30.7 Å². The number of aliphatic carboxylic acids is 1. The van der Waals surface area contributed by atoms with E-state index in [1.165, 1.54) is 18.2 Å². The normalized spacial score (nSPS) is 15.3. The van der Waals surface area contributed by atoms with Gasteiger partial charge in [0.2, 0.25) is 0 Å². The standard InChI is InChI=1S/C27H23FN2O5/c28-23-20(24(31)30-27(25(32)33)13-6-14-27)11-5-12-22(23)29-26(34)35-15-21-18-9-3-1-7-16(18)17-8-2-4-10-19(17)21/h1-5,7-12,21H,6,13-15H2,(H,29,34)(H,30,31)(H,32,33). The van der Waals surface area contributed by atoms with Crippen molar-refractivity contribution in [3.8, 4) is 11.1 Å². The van der Waals surface area contributed by atoms with Crippen LogP contribution in [0.15, 0.2) is 66.7 Å². The average molecular weight is 474 g/mol. The lowest BCUT2D eigenvalue weighted by atomic mass is 9.76. The summed E-state index contributed by atoms with van der Waals surface area (Å²) in [5.74, 6) is -3.10. The van der Waals surface area contributed by atoms with Gasteiger partial charge in [0.25, 0.3) is 5.91 Å². The monoisotopic (exact) mass is 474 g/mol. The van der Waals surface area contributed by atoms with Crippen molar-refractivity contribution < 1.29 is 28.6 Å². The molecule has 0 aromatic heterocycles. The van der Waals surface area contributed by atoms with Crippen LogP contribution < -0.4 is 10.6 Å². The van der Waals surface area contributed by atoms with E-state index in [2.05, 4.69) is 10.6 Å². The predicted molar refractivity (Wildman–Crippen MR) is 127 cm³/mol. The van der Waals surface area contributed by atoms with Crippen LogP contribution in [-0.4, -0.2) is 35.2 Å². The molecule has 1 saturated carbocycles. The van der Waals surface area contributed by atoms with Gasteiger partial charge in [-0.15, -0.1) is 0 Å². The van der Waals surface area contributed by atoms with E-state index >= 15 is 4.39 Å². The summed E-state index contributed by atoms with van der Waals surface area (Å²) in [6, 6.07) is 19.8. The summed E-state index contributed by atoms with van der Waals surface area (Å²) >= 11 is 0. The Kier molecular flexibility index (Phi) is 5.72. The van der Waals surface area contributed by atoms with Gasteiger partial charge in [0.15, 0.2) is 5.82 Å². The molecule has 35 heavy (non-hydrogen) atoms. The fourth-order valence-electron chi connectivity index (χ4n) is 4.76. The molecule has 0 saturated heterocycles. The number of hydrogen-bond donors (Lipinski definition) is 3. The minimum atomic E-state index is -1.38. The molecular formula is C27H23FN2O5. The maximum atomic E-state index is 15.0. The molecule has 0 bridgehead atoms. The SMILES string of the molecule is O=C(Nc1cccc(C(=O)NC2(C(=O)O)CCC2)c1F)OCC1c2ccccc2-c2ccccc21. The number of rotatable bonds is 6. The number of benzene rings is 3. The van der Waals surface area contributed by atoms with E-state index in [1.54, 1.807) is 0 Å². The Bertz CT molecular complexity index is 1290. The molecule has 1 fully saturated rings. The molecule has 0 aliphatic heterocycles. The number of carbonyl (C=O) groups is 3. The van der Waals surface area contributed by atoms with Crippen LogP contribution >= 0.6 is 0 Å². The lowest BCUT2D eigenvalue weighted by Gasteiger charge is -2.38. The van der Waals surface area contributed by atoms with E-state index in [1.807, 2.05) is 48.5 Å². The molecule has 178 valence electrons. The number of carboxylic acid groups (broad SMARTS) is 1. The Morgan fingerprint density at radius 2 is 1.57 bits per heavy atom. The summed E-state index contributed by atoms with van der Waals surface area (Å²) in [4.78, 5) is 36.6. The summed E-state index contributed by atoms with van der Waals surface area (Å²) in [7, 11) is 0. The molecule has 3 aromatic carbocycles. The summed E-state index contributed by atoms with van der Waals surface area (Å²) in [5.41, 5.74) is 2.32. The minimum Gasteiger partial charge on any atom is -0.480 e. The van der Waals surface area contributed by atoms with Gasteiger partial charge in [-0.3, -0.25) is 10.1 Å². The van der Waals surface area contributed by atoms with Crippen molar-refractivity contribution in [2.75, 3.05) is 11.9 Å². The predicted octanol–water partition coefficient (Wildman–Crippen LogP) is 4.92. The quantitative estimate of drug-likeness (QED) is 0.470. The first-order valence-corrected chi connectivity index (χ1v) is 11.4. The van der Waals surface area contributed by atoms with Gasteiger partial charge in [-0.1, -0.05) is 54.6 Å². The van der Waals surface area contributed by atoms with Crippen LogP contribution in [0.2, 0.25) is 0 Å². The summed E-state index contributed by atoms with van der Waals surface area (Å²) in [6.07, 6.45) is 0.378. The Morgan fingerprint density at radius 1 is 0.943 bits per heavy atom. The third kappa shape index (κ3) is 4.01. The van der Waals surface area contributed by atoms with Crippen molar-refractivity contribution >= 4 is 23.7 Å². The van der Waals surface area contributed by atoms with Crippen LogP contribution in [0, 0.1) is 5.82 Å². The molecule has 0 radical (unpaired) electrons. The maximum absolute atomic E-state index is 15.0. The molecular weight excluding hydrogens is 451 g/mol. The zero-order valence-electron chi connectivity index (χ0n) is 18.7. The molecule has 7 nitrogen and oxygen atoms in total. The Morgan fingerprint density at radius 3 is 2.14 bits per heavy atom. The minimum absolute atomic E-state index is 0.0583. The van der Waals surface area contributed by atoms with Gasteiger partial charge >= 0.3 is 12.1 Å². The second kappa shape index (κ2) is 8.87. The van der Waals surface area contributed by atoms with E-state index < -0.39 is 29.3 Å². The molecule has 3 N–H and O–H groups in total. The second-order valence-corrected chi connectivity index (χ2v) is 8.81. The number of halogens is 1. The van der Waals surface area contributed by atoms with Gasteiger partial charge < -0.3 is 15.2 Å². The van der Waals surface area contributed by atoms with Gasteiger partial charge in [0, 0.05) is 5.92 Å². The zero-order chi connectivity index (χ0) is 24.6. The number of carbonyl (C=O) groups excluding carboxylic acids is 2. The maximum Gasteiger partial charge on any atom is 0.411 e. The molecule has 0 heterocycles. The van der Waals surface area contributed by atoms with Crippen molar-refractivity contribution in [1.29, 1.82) is 0 Å². The van der Waals surface area contributed by atoms with Gasteiger partial charge in [-0.2, -0.15) is 0 Å². The second-order valence-electron chi connectivity index (χ2n) is 8.81. The number of carboxylic acids is 1. The summed E-state index contributed by atoms with van der Waals surface area (Å²) < 4.78 is 20.5. The number of ether oxygens (including phenoxy) is 1. The lowest BCUT2D eigenvalue weighted by molar-refractivity contribution is -0.148. The third-order valence-corrected chi connectivity index (χ3v) is 6.79. The van der Waals surface area contributed by atoms with E-state index in [4.69, 9.17) is 4.74 Å². The fraction of sp³-hybridized carbons (Fsp3) is 0.222. The van der Waals surface area contributed by atoms with Gasteiger partial charge in [0.1, 0.15) is 12.1 Å². The highest BCUT2D eigenvalue weighted by Gasteiger charge is 2.46. The summed E-state index contributed by atoms with van der Waals surface area (Å²) in [6.45, 7) is 0.0583. The molecule has 2 aliphatic rings. The van der Waals surface area contributed by atoms with Crippen LogP contribution in [0.3, 0.4) is 0 Å². The molecule has 0 unspecified atom stereocenters. The highest BCUT2D eigenvalue weighted by Crippen LogP contribution is 2.44. The molecule has 5 rings (SSSR count). The zero-order valence-corrected chi connectivity index (χ0v) is 18.7. The van der Waals surface area contributed by atoms with Gasteiger partial charge in [0.05, 0.1) is 11.3 Å². The van der Waals surface area contributed by atoms with Crippen molar-refractivity contribution in [1.82, 2.24) is 5.32 Å². The first kappa shape index (κ1) is 22.6. The average Bonchev–Trinajstić information content (AvgIpc) is 3.15. The van der Waals surface area contributed by atoms with Crippen molar-refractivity contribution in [3.05, 3.63) is 89.2 Å². The van der Waals surface area contributed by atoms with Gasteiger partial charge in [-0.25, -0.2) is 14.0 Å². The molecule has 0 spiro atoms. The molecule has 8 heteroatoms. The van der Waals surface area contributed by atoms with Crippen LogP contribution in [-0.2, 0) is 9.53 Å². The van der Waals surface area contributed by atoms with E-state index in [9.17, 15) is 19.5 Å². The van der Waals surface area contributed by atoms with Crippen LogP contribution in [0.5, 0.6) is 0 Å². The highest BCUT2D eigenvalue weighted by atomic mass is 19.1. The van der Waals surface area contributed by atoms with E-state index in [0.29, 0.717) is 6.42 Å². The Hall–Kier alpha value is -4.20. The highest BCUT2D eigenvalue weighted by molar-refractivity contribution is 6.00. The molecule has 2 amide bonds. The van der Waals surface area contributed by atoms with Crippen LogP contribution in [0.1, 0.15) is 46.7 Å². The van der Waals surface area contributed by atoms with E-state index in [0.717, 1.165) is 22.3 Å². The lowest BCUT2D eigenvalue weighted by Crippen LogP contribution is -2.59. The summed E-state index contributed by atoms with van der Waals surface area (Å²) in [5, 5.41) is 14.2.